The lowest BCUT2D eigenvalue weighted by atomic mass is 10.0. The summed E-state index contributed by atoms with van der Waals surface area (Å²) in [6.45, 7) is 5.11. The van der Waals surface area contributed by atoms with Crippen molar-refractivity contribution < 1.29 is 14.4 Å². The molecule has 35 heavy (non-hydrogen) atoms. The summed E-state index contributed by atoms with van der Waals surface area (Å²) in [5.74, 6) is -0.970. The first-order valence-corrected chi connectivity index (χ1v) is 13.0. The molecule has 11 heteroatoms. The van der Waals surface area contributed by atoms with Gasteiger partial charge < -0.3 is 20.9 Å². The summed E-state index contributed by atoms with van der Waals surface area (Å²) in [6, 6.07) is 7.04. The molecule has 3 heterocycles. The second-order valence-corrected chi connectivity index (χ2v) is 10.7. The second-order valence-electron chi connectivity index (χ2n) is 9.22. The van der Waals surface area contributed by atoms with Gasteiger partial charge in [0.05, 0.1) is 4.88 Å². The molecule has 3 amide bonds. The van der Waals surface area contributed by atoms with Crippen LogP contribution in [0.3, 0.4) is 0 Å². The van der Waals surface area contributed by atoms with E-state index in [1.165, 1.54) is 11.3 Å². The summed E-state index contributed by atoms with van der Waals surface area (Å²) in [6.07, 6.45) is 2.53. The van der Waals surface area contributed by atoms with Crippen LogP contribution in [-0.2, 0) is 9.59 Å². The lowest BCUT2D eigenvalue weighted by molar-refractivity contribution is -0.135. The minimum absolute atomic E-state index is 0. The Morgan fingerprint density at radius 2 is 1.80 bits per heavy atom. The van der Waals surface area contributed by atoms with Crippen molar-refractivity contribution in [3.05, 3.63) is 34.2 Å². The van der Waals surface area contributed by atoms with Gasteiger partial charge in [-0.3, -0.25) is 19.3 Å². The fraction of sp³-hybridized carbons (Fsp3) is 0.542. The Bertz CT molecular complexity index is 1050. The van der Waals surface area contributed by atoms with Crippen LogP contribution in [0.1, 0.15) is 35.4 Å². The summed E-state index contributed by atoms with van der Waals surface area (Å²) in [5.41, 5.74) is 5.34. The molecular formula is C24H33Cl2N5O3S. The Labute approximate surface area is 221 Å². The van der Waals surface area contributed by atoms with Crippen LogP contribution in [0.15, 0.2) is 24.3 Å². The smallest absolute Gasteiger partial charge is 0.262 e. The molecule has 2 aromatic rings. The maximum atomic E-state index is 13.3. The molecule has 192 valence electrons. The van der Waals surface area contributed by atoms with Gasteiger partial charge in [-0.05, 0) is 63.0 Å². The third kappa shape index (κ3) is 7.07. The molecule has 2 aliphatic rings. The largest absolute Gasteiger partial charge is 0.370 e. The van der Waals surface area contributed by atoms with Crippen LogP contribution in [0.4, 0.5) is 0 Å². The topological polar surface area (TPSA) is 99.0 Å². The maximum Gasteiger partial charge on any atom is 0.262 e. The zero-order valence-corrected chi connectivity index (χ0v) is 22.3. The van der Waals surface area contributed by atoms with E-state index in [1.54, 1.807) is 12.1 Å². The van der Waals surface area contributed by atoms with Gasteiger partial charge in [-0.2, -0.15) is 0 Å². The van der Waals surface area contributed by atoms with Gasteiger partial charge in [0.25, 0.3) is 5.91 Å². The normalized spacial score (nSPS) is 18.7. The van der Waals surface area contributed by atoms with Gasteiger partial charge in [0.2, 0.25) is 11.8 Å². The number of piperazine rings is 1. The number of rotatable bonds is 7. The van der Waals surface area contributed by atoms with Crippen molar-refractivity contribution in [2.45, 2.75) is 37.8 Å². The van der Waals surface area contributed by atoms with Crippen LogP contribution in [-0.4, -0.2) is 90.8 Å². The Morgan fingerprint density at radius 1 is 1.11 bits per heavy atom. The first kappa shape index (κ1) is 27.7. The van der Waals surface area contributed by atoms with Gasteiger partial charge in [0.15, 0.2) is 0 Å². The molecule has 0 spiro atoms. The van der Waals surface area contributed by atoms with Gasteiger partial charge >= 0.3 is 0 Å². The summed E-state index contributed by atoms with van der Waals surface area (Å²) in [5, 5.41) is 4.39. The molecular weight excluding hydrogens is 509 g/mol. The van der Waals surface area contributed by atoms with Crippen molar-refractivity contribution in [1.82, 2.24) is 20.0 Å². The number of likely N-dealkylation sites (tertiary alicyclic amines) is 1. The molecule has 0 bridgehead atoms. The van der Waals surface area contributed by atoms with Crippen LogP contribution in [0.25, 0.3) is 10.1 Å². The monoisotopic (exact) mass is 541 g/mol. The van der Waals surface area contributed by atoms with E-state index < -0.39 is 11.9 Å². The third-order valence-corrected chi connectivity index (χ3v) is 8.15. The second kappa shape index (κ2) is 12.4. The SMILES string of the molecule is CN1CCC(N2CCN(C(=O)[C@@H](CCC(N)=O)NC(=O)c3cc4ccc(Cl)cc4s3)CC2)CC1.Cl. The third-order valence-electron chi connectivity index (χ3n) is 6.82. The molecule has 0 saturated carbocycles. The molecule has 1 aromatic carbocycles. The van der Waals surface area contributed by atoms with E-state index in [4.69, 9.17) is 17.3 Å². The number of fused-ring (bicyclic) bond motifs is 1. The highest BCUT2D eigenvalue weighted by Gasteiger charge is 2.32. The lowest BCUT2D eigenvalue weighted by Gasteiger charge is -2.42. The highest BCUT2D eigenvalue weighted by Crippen LogP contribution is 2.28. The van der Waals surface area contributed by atoms with Crippen LogP contribution >= 0.6 is 35.3 Å². The van der Waals surface area contributed by atoms with Gasteiger partial charge in [-0.15, -0.1) is 23.7 Å². The van der Waals surface area contributed by atoms with Crippen LogP contribution < -0.4 is 11.1 Å². The summed E-state index contributed by atoms with van der Waals surface area (Å²) < 4.78 is 0.905. The zero-order chi connectivity index (χ0) is 24.2. The Hall–Kier alpha value is -1.91. The number of primary amides is 1. The molecule has 2 fully saturated rings. The summed E-state index contributed by atoms with van der Waals surface area (Å²) >= 11 is 7.39. The molecule has 1 aromatic heterocycles. The Balaban J connectivity index is 0.00000342. The molecule has 2 saturated heterocycles. The average molecular weight is 543 g/mol. The molecule has 2 aliphatic heterocycles. The van der Waals surface area contributed by atoms with E-state index in [-0.39, 0.29) is 37.1 Å². The van der Waals surface area contributed by atoms with Crippen molar-refractivity contribution in [2.75, 3.05) is 46.3 Å². The van der Waals surface area contributed by atoms with Gasteiger partial charge in [-0.25, -0.2) is 0 Å². The highest BCUT2D eigenvalue weighted by molar-refractivity contribution is 7.20. The maximum absolute atomic E-state index is 13.3. The molecule has 1 atom stereocenters. The number of thiophene rings is 1. The number of carbonyl (C=O) groups is 3. The quantitative estimate of drug-likeness (QED) is 0.561. The van der Waals surface area contributed by atoms with Crippen molar-refractivity contribution in [1.29, 1.82) is 0 Å². The Morgan fingerprint density at radius 3 is 2.46 bits per heavy atom. The highest BCUT2D eigenvalue weighted by atomic mass is 35.5. The number of nitrogens with zero attached hydrogens (tertiary/aromatic N) is 3. The predicted molar refractivity (Wildman–Crippen MR) is 142 cm³/mol. The number of benzene rings is 1. The van der Waals surface area contributed by atoms with Gasteiger partial charge in [-0.1, -0.05) is 17.7 Å². The van der Waals surface area contributed by atoms with E-state index in [0.717, 1.165) is 49.1 Å². The van der Waals surface area contributed by atoms with Gasteiger partial charge in [0.1, 0.15) is 6.04 Å². The van der Waals surface area contributed by atoms with E-state index in [2.05, 4.69) is 22.2 Å². The molecule has 0 unspecified atom stereocenters. The zero-order valence-electron chi connectivity index (χ0n) is 19.9. The standard InChI is InChI=1S/C24H32ClN5O3S.ClH/c1-28-8-6-18(7-9-28)29-10-12-30(13-11-29)24(33)19(4-5-22(26)31)27-23(32)21-14-16-2-3-17(25)15-20(16)34-21;/h2-3,14-15,18-19H,4-13H2,1H3,(H2,26,31)(H,27,32);1H/t19-;/m1./s1. The summed E-state index contributed by atoms with van der Waals surface area (Å²) in [4.78, 5) is 44.9. The fourth-order valence-corrected chi connectivity index (χ4v) is 6.02. The number of halogens is 2. The molecule has 4 rings (SSSR count). The van der Waals surface area contributed by atoms with Crippen LogP contribution in [0.2, 0.25) is 5.02 Å². The first-order valence-electron chi connectivity index (χ1n) is 11.8. The van der Waals surface area contributed by atoms with E-state index in [0.29, 0.717) is 29.0 Å². The number of nitrogens with one attached hydrogen (secondary N) is 1. The van der Waals surface area contributed by atoms with E-state index in [9.17, 15) is 14.4 Å². The van der Waals surface area contributed by atoms with Gasteiger partial charge in [0, 0.05) is 48.4 Å². The number of carbonyl (C=O) groups excluding carboxylic acids is 3. The summed E-state index contributed by atoms with van der Waals surface area (Å²) in [7, 11) is 2.15. The lowest BCUT2D eigenvalue weighted by Crippen LogP contribution is -2.57. The molecule has 8 nitrogen and oxygen atoms in total. The first-order chi connectivity index (χ1) is 16.3. The van der Waals surface area contributed by atoms with E-state index >= 15 is 0 Å². The Kier molecular flexibility index (Phi) is 9.77. The molecule has 3 N–H and O–H groups in total. The minimum Gasteiger partial charge on any atom is -0.370 e. The molecule has 0 aliphatic carbocycles. The number of amides is 3. The average Bonchev–Trinajstić information content (AvgIpc) is 3.25. The predicted octanol–water partition coefficient (Wildman–Crippen LogP) is 2.58. The van der Waals surface area contributed by atoms with Crippen LogP contribution in [0, 0.1) is 0 Å². The van der Waals surface area contributed by atoms with Crippen molar-refractivity contribution >= 4 is 63.2 Å². The number of hydrogen-bond acceptors (Lipinski definition) is 6. The van der Waals surface area contributed by atoms with E-state index in [1.807, 2.05) is 17.0 Å². The van der Waals surface area contributed by atoms with Crippen LogP contribution in [0.5, 0.6) is 0 Å². The minimum atomic E-state index is -0.788. The fourth-order valence-electron chi connectivity index (χ4n) is 4.78. The molecule has 0 radical (unpaired) electrons. The number of nitrogens with two attached hydrogens (primary N) is 1. The number of piperidine rings is 1. The van der Waals surface area contributed by atoms with Crippen molar-refractivity contribution in [2.24, 2.45) is 5.73 Å². The van der Waals surface area contributed by atoms with Crippen molar-refractivity contribution in [3.63, 3.8) is 0 Å². The van der Waals surface area contributed by atoms with Crippen molar-refractivity contribution in [3.8, 4) is 0 Å². The number of hydrogen-bond donors (Lipinski definition) is 2.